The summed E-state index contributed by atoms with van der Waals surface area (Å²) in [5, 5.41) is 3.99. The third-order valence-electron chi connectivity index (χ3n) is 4.49. The first-order valence-electron chi connectivity index (χ1n) is 9.52. The number of hydrogen-bond acceptors (Lipinski definition) is 6. The van der Waals surface area contributed by atoms with Gasteiger partial charge in [-0.25, -0.2) is 10.0 Å². The predicted molar refractivity (Wildman–Crippen MR) is 110 cm³/mol. The normalized spacial score (nSPS) is 15.9. The minimum absolute atomic E-state index is 0.00686. The molecule has 10 heteroatoms. The van der Waals surface area contributed by atoms with Gasteiger partial charge >= 0.3 is 6.61 Å². The Morgan fingerprint density at radius 2 is 1.97 bits per heavy atom. The molecule has 31 heavy (non-hydrogen) atoms. The maximum absolute atomic E-state index is 12.6. The predicted octanol–water partition coefficient (Wildman–Crippen LogP) is 2.29. The van der Waals surface area contributed by atoms with Crippen LogP contribution < -0.4 is 25.2 Å². The Morgan fingerprint density at radius 1 is 1.23 bits per heavy atom. The molecule has 1 atom stereocenters. The Balaban J connectivity index is 1.62. The summed E-state index contributed by atoms with van der Waals surface area (Å²) in [5.74, 6) is -0.656. The van der Waals surface area contributed by atoms with Gasteiger partial charge in [-0.15, -0.1) is 0 Å². The number of halogens is 2. The largest absolute Gasteiger partial charge is 0.493 e. The van der Waals surface area contributed by atoms with Crippen LogP contribution in [0.1, 0.15) is 12.5 Å². The van der Waals surface area contributed by atoms with Gasteiger partial charge in [0.2, 0.25) is 5.84 Å². The zero-order valence-corrected chi connectivity index (χ0v) is 17.0. The van der Waals surface area contributed by atoms with Crippen molar-refractivity contribution in [1.82, 2.24) is 10.7 Å². The van der Waals surface area contributed by atoms with Crippen molar-refractivity contribution in [3.8, 4) is 11.5 Å². The van der Waals surface area contributed by atoms with Crippen molar-refractivity contribution in [3.63, 3.8) is 0 Å². The molecule has 8 nitrogen and oxygen atoms in total. The molecule has 0 aromatic heterocycles. The zero-order chi connectivity index (χ0) is 22.4. The van der Waals surface area contributed by atoms with Crippen molar-refractivity contribution in [3.05, 3.63) is 54.1 Å². The first kappa shape index (κ1) is 22.0. The fourth-order valence-electron chi connectivity index (χ4n) is 2.97. The molecule has 0 fully saturated rings. The van der Waals surface area contributed by atoms with Gasteiger partial charge in [-0.2, -0.15) is 8.78 Å². The Bertz CT molecular complexity index is 969. The quantitative estimate of drug-likeness (QED) is 0.668. The summed E-state index contributed by atoms with van der Waals surface area (Å²) in [4.78, 5) is 29.1. The van der Waals surface area contributed by atoms with Crippen LogP contribution in [-0.2, 0) is 16.0 Å². The highest BCUT2D eigenvalue weighted by Gasteiger charge is 2.30. The van der Waals surface area contributed by atoms with Crippen LogP contribution in [0.15, 0.2) is 53.5 Å². The van der Waals surface area contributed by atoms with E-state index < -0.39 is 18.6 Å². The third-order valence-corrected chi connectivity index (χ3v) is 4.49. The van der Waals surface area contributed by atoms with E-state index in [0.29, 0.717) is 17.7 Å². The van der Waals surface area contributed by atoms with E-state index in [9.17, 15) is 18.4 Å². The van der Waals surface area contributed by atoms with Crippen LogP contribution in [0.4, 0.5) is 14.5 Å². The lowest BCUT2D eigenvalue weighted by Gasteiger charge is -2.30. The van der Waals surface area contributed by atoms with Gasteiger partial charge in [-0.3, -0.25) is 15.0 Å². The second kappa shape index (κ2) is 9.88. The second-order valence-corrected chi connectivity index (χ2v) is 6.64. The Morgan fingerprint density at radius 3 is 2.65 bits per heavy atom. The third kappa shape index (κ3) is 5.47. The Labute approximate surface area is 177 Å². The van der Waals surface area contributed by atoms with Crippen molar-refractivity contribution in [2.75, 3.05) is 18.7 Å². The molecular weight excluding hydrogens is 410 g/mol. The van der Waals surface area contributed by atoms with Crippen molar-refractivity contribution in [1.29, 1.82) is 0 Å². The molecular formula is C21H22F2N4O4. The number of methoxy groups -OCH3 is 1. The van der Waals surface area contributed by atoms with Gasteiger partial charge in [0.05, 0.1) is 12.8 Å². The minimum atomic E-state index is -2.98. The maximum Gasteiger partial charge on any atom is 0.387 e. The molecule has 0 radical (unpaired) electrons. The summed E-state index contributed by atoms with van der Waals surface area (Å²) in [6.45, 7) is -1.15. The second-order valence-electron chi connectivity index (χ2n) is 6.64. The van der Waals surface area contributed by atoms with Crippen molar-refractivity contribution in [2.24, 2.45) is 4.99 Å². The van der Waals surface area contributed by atoms with Gasteiger partial charge in [-0.1, -0.05) is 24.3 Å². The standard InChI is InChI=1S/C21H22F2N4O4/c1-13-20(29)27(15-6-4-3-5-7-15)26-18(25-13)19(28)24-11-10-14-8-9-16(30-2)17(12-14)31-21(22)23/h3-9,12-13,21H,10-11H2,1-2H3,(H,24,28)(H,25,26). The highest BCUT2D eigenvalue weighted by molar-refractivity contribution is 6.39. The number of hydrogen-bond donors (Lipinski definition) is 2. The van der Waals surface area contributed by atoms with E-state index >= 15 is 0 Å². The highest BCUT2D eigenvalue weighted by atomic mass is 19.3. The van der Waals surface area contributed by atoms with Crippen LogP contribution in [0.2, 0.25) is 0 Å². The average molecular weight is 432 g/mol. The lowest BCUT2D eigenvalue weighted by molar-refractivity contribution is -0.120. The van der Waals surface area contributed by atoms with Crippen molar-refractivity contribution >= 4 is 23.3 Å². The molecule has 2 aromatic rings. The number of amides is 2. The van der Waals surface area contributed by atoms with Crippen LogP contribution in [-0.4, -0.2) is 44.0 Å². The number of ether oxygens (including phenoxy) is 2. The number of alkyl halides is 2. The summed E-state index contributed by atoms with van der Waals surface area (Å²) < 4.78 is 34.6. The molecule has 164 valence electrons. The molecule has 1 aliphatic heterocycles. The molecule has 1 unspecified atom stereocenters. The number of amidine groups is 1. The molecule has 3 rings (SSSR count). The molecule has 0 spiro atoms. The van der Waals surface area contributed by atoms with Gasteiger partial charge in [0.15, 0.2) is 11.5 Å². The number of hydrazine groups is 1. The molecule has 1 aliphatic rings. The van der Waals surface area contributed by atoms with Crippen LogP contribution in [0.3, 0.4) is 0 Å². The van der Waals surface area contributed by atoms with Crippen molar-refractivity contribution < 1.29 is 27.8 Å². The summed E-state index contributed by atoms with van der Waals surface area (Å²) in [6.07, 6.45) is 0.361. The smallest absolute Gasteiger partial charge is 0.387 e. The van der Waals surface area contributed by atoms with Gasteiger partial charge in [0.25, 0.3) is 11.8 Å². The van der Waals surface area contributed by atoms with Gasteiger partial charge < -0.3 is 14.8 Å². The molecule has 1 heterocycles. The minimum Gasteiger partial charge on any atom is -0.493 e. The highest BCUT2D eigenvalue weighted by Crippen LogP contribution is 2.29. The first-order valence-corrected chi connectivity index (χ1v) is 9.52. The van der Waals surface area contributed by atoms with E-state index in [1.54, 1.807) is 37.3 Å². The topological polar surface area (TPSA) is 92.3 Å². The molecule has 2 N–H and O–H groups in total. The molecule has 0 aliphatic carbocycles. The Hall–Kier alpha value is -3.69. The number of benzene rings is 2. The zero-order valence-electron chi connectivity index (χ0n) is 17.0. The fourth-order valence-corrected chi connectivity index (χ4v) is 2.97. The SMILES string of the molecule is COc1ccc(CCNC(=O)C2=NC(C)C(=O)N(c3ccccc3)N2)cc1OC(F)F. The lowest BCUT2D eigenvalue weighted by atomic mass is 10.1. The summed E-state index contributed by atoms with van der Waals surface area (Å²) in [5.41, 5.74) is 4.00. The van der Waals surface area contributed by atoms with Gasteiger partial charge in [-0.05, 0) is 43.2 Å². The van der Waals surface area contributed by atoms with E-state index in [4.69, 9.17) is 4.74 Å². The number of para-hydroxylation sites is 1. The van der Waals surface area contributed by atoms with Crippen molar-refractivity contribution in [2.45, 2.75) is 26.0 Å². The average Bonchev–Trinajstić information content (AvgIpc) is 2.76. The fraction of sp³-hybridized carbons (Fsp3) is 0.286. The van der Waals surface area contributed by atoms with Crippen LogP contribution in [0.25, 0.3) is 0 Å². The number of anilines is 1. The van der Waals surface area contributed by atoms with Gasteiger partial charge in [0.1, 0.15) is 6.04 Å². The van der Waals surface area contributed by atoms with E-state index in [0.717, 1.165) is 0 Å². The number of rotatable bonds is 8. The molecule has 2 amide bonds. The lowest BCUT2D eigenvalue weighted by Crippen LogP contribution is -2.58. The van der Waals surface area contributed by atoms with E-state index in [2.05, 4.69) is 20.5 Å². The van der Waals surface area contributed by atoms with E-state index in [1.165, 1.54) is 24.3 Å². The van der Waals surface area contributed by atoms with Crippen LogP contribution in [0.5, 0.6) is 11.5 Å². The first-order chi connectivity index (χ1) is 14.9. The number of carbonyl (C=O) groups is 2. The van der Waals surface area contributed by atoms with E-state index in [1.807, 2.05) is 6.07 Å². The van der Waals surface area contributed by atoms with E-state index in [-0.39, 0.29) is 29.8 Å². The summed E-state index contributed by atoms with van der Waals surface area (Å²) in [7, 11) is 1.36. The van der Waals surface area contributed by atoms with Gasteiger partial charge in [0, 0.05) is 6.54 Å². The molecule has 0 saturated carbocycles. The maximum atomic E-state index is 12.6. The number of nitrogens with zero attached hydrogens (tertiary/aromatic N) is 2. The Kier molecular flexibility index (Phi) is 7.01. The number of carbonyl (C=O) groups excluding carboxylic acids is 2. The summed E-state index contributed by atoms with van der Waals surface area (Å²) >= 11 is 0. The van der Waals surface area contributed by atoms with Crippen LogP contribution >= 0.6 is 0 Å². The molecule has 0 bridgehead atoms. The van der Waals surface area contributed by atoms with Crippen LogP contribution in [0, 0.1) is 0 Å². The monoisotopic (exact) mass is 432 g/mol. The summed E-state index contributed by atoms with van der Waals surface area (Å²) in [6, 6.07) is 12.8. The molecule has 0 saturated heterocycles. The number of aliphatic imine (C=N–C) groups is 1. The number of nitrogens with one attached hydrogen (secondary N) is 2. The molecule has 2 aromatic carbocycles.